The molecule has 2 aromatic rings. The lowest BCUT2D eigenvalue weighted by Crippen LogP contribution is -2.68. The van der Waals surface area contributed by atoms with E-state index in [1.54, 1.807) is 20.2 Å². The lowest BCUT2D eigenvalue weighted by atomic mass is 9.92. The summed E-state index contributed by atoms with van der Waals surface area (Å²) in [6, 6.07) is 3.60. The molecule has 8 nitrogen and oxygen atoms in total. The largest absolute Gasteiger partial charge is 0.366 e. The molecule has 3 N–H and O–H groups in total. The van der Waals surface area contributed by atoms with Crippen molar-refractivity contribution in [2.24, 2.45) is 5.73 Å². The number of pyridine rings is 1. The van der Waals surface area contributed by atoms with E-state index in [1.807, 2.05) is 51.0 Å². The Bertz CT molecular complexity index is 1000. The molecule has 2 aromatic heterocycles. The van der Waals surface area contributed by atoms with Gasteiger partial charge in [0.1, 0.15) is 5.65 Å². The molecule has 3 unspecified atom stereocenters. The fraction of sp³-hybridized carbons (Fsp3) is 0.400. The van der Waals surface area contributed by atoms with E-state index >= 15 is 0 Å². The minimum absolute atomic E-state index is 0.260. The summed E-state index contributed by atoms with van der Waals surface area (Å²) in [7, 11) is 3.27. The first-order valence-corrected chi connectivity index (χ1v) is 9.41. The second-order valence-electron chi connectivity index (χ2n) is 7.48. The topological polar surface area (TPSA) is 88.1 Å². The smallest absolute Gasteiger partial charge is 0.246 e. The number of piperazine rings is 1. The lowest BCUT2D eigenvalue weighted by molar-refractivity contribution is -0.192. The number of nitrogens with zero attached hydrogens (tertiary/aromatic N) is 4. The molecule has 2 aliphatic rings. The first-order valence-electron chi connectivity index (χ1n) is 9.41. The van der Waals surface area contributed by atoms with Crippen molar-refractivity contribution in [3.63, 3.8) is 0 Å². The van der Waals surface area contributed by atoms with Gasteiger partial charge in [-0.2, -0.15) is 0 Å². The Hall–Kier alpha value is -2.75. The van der Waals surface area contributed by atoms with Gasteiger partial charge in [-0.3, -0.25) is 15.0 Å². The highest BCUT2D eigenvalue weighted by Gasteiger charge is 2.47. The Balaban J connectivity index is 1.66. The van der Waals surface area contributed by atoms with Gasteiger partial charge < -0.3 is 19.8 Å². The van der Waals surface area contributed by atoms with E-state index in [1.165, 1.54) is 7.11 Å². The number of likely N-dealkylation sites (N-methyl/N-ethyl adjacent to an activating group) is 1. The quantitative estimate of drug-likeness (QED) is 0.745. The Kier molecular flexibility index (Phi) is 4.89. The summed E-state index contributed by atoms with van der Waals surface area (Å²) >= 11 is 0. The van der Waals surface area contributed by atoms with Crippen molar-refractivity contribution in [1.29, 1.82) is 0 Å². The molecule has 1 amide bonds. The summed E-state index contributed by atoms with van der Waals surface area (Å²) in [6.07, 6.45) is 7.98. The number of halogens is 1. The number of carbonyl (C=O) groups excluding carboxylic acids is 1. The number of aromatic nitrogens is 2. The number of fused-ring (bicyclic) bond motifs is 1. The molecule has 29 heavy (non-hydrogen) atoms. The minimum Gasteiger partial charge on any atom is -0.366 e. The second kappa shape index (κ2) is 7.25. The van der Waals surface area contributed by atoms with Gasteiger partial charge in [-0.1, -0.05) is 0 Å². The van der Waals surface area contributed by atoms with Crippen LogP contribution in [-0.4, -0.2) is 65.5 Å². The molecule has 9 heteroatoms. The van der Waals surface area contributed by atoms with Crippen molar-refractivity contribution in [3.8, 4) is 0 Å². The van der Waals surface area contributed by atoms with Crippen LogP contribution < -0.4 is 16.0 Å². The van der Waals surface area contributed by atoms with Gasteiger partial charge in [-0.05, 0) is 37.8 Å². The number of primary amides is 1. The SMILES string of the molecule is COC1(C)C(F)NCC(C2=C(C(N)=O)CN(c3ccc4nccn4c3)C=C2)N1C. The van der Waals surface area contributed by atoms with Crippen LogP contribution >= 0.6 is 0 Å². The standard InChI is InChI=1S/C20H25FN6O2/c1-20(29-3)19(21)24-10-16(25(20)2)14-6-8-26(12-15(14)18(22)28)13-4-5-17-23-7-9-27(17)11-13/h4-9,11,16,19,24H,10,12H2,1-3H3,(H2,22,28). The van der Waals surface area contributed by atoms with E-state index in [9.17, 15) is 9.18 Å². The van der Waals surface area contributed by atoms with Gasteiger partial charge in [0.15, 0.2) is 12.0 Å². The maximum absolute atomic E-state index is 14.4. The molecule has 0 aromatic carbocycles. The van der Waals surface area contributed by atoms with E-state index in [-0.39, 0.29) is 6.04 Å². The van der Waals surface area contributed by atoms with Crippen LogP contribution in [0.1, 0.15) is 6.92 Å². The Morgan fingerprint density at radius 3 is 2.97 bits per heavy atom. The molecule has 0 aliphatic carbocycles. The zero-order chi connectivity index (χ0) is 20.8. The number of ether oxygens (including phenoxy) is 1. The number of hydrogen-bond acceptors (Lipinski definition) is 6. The monoisotopic (exact) mass is 400 g/mol. The lowest BCUT2D eigenvalue weighted by Gasteiger charge is -2.49. The molecule has 4 heterocycles. The minimum atomic E-state index is -1.35. The van der Waals surface area contributed by atoms with Crippen LogP contribution in [0.5, 0.6) is 0 Å². The summed E-state index contributed by atoms with van der Waals surface area (Å²) in [6.45, 7) is 2.35. The van der Waals surface area contributed by atoms with E-state index in [0.717, 1.165) is 16.9 Å². The fourth-order valence-corrected chi connectivity index (χ4v) is 3.97. The predicted octanol–water partition coefficient (Wildman–Crippen LogP) is 1.01. The molecule has 154 valence electrons. The molecular weight excluding hydrogens is 375 g/mol. The number of rotatable bonds is 4. The number of nitrogens with two attached hydrogens (primary N) is 1. The van der Waals surface area contributed by atoms with Crippen LogP contribution in [0.2, 0.25) is 0 Å². The molecule has 1 saturated heterocycles. The van der Waals surface area contributed by atoms with Gasteiger partial charge in [0.25, 0.3) is 0 Å². The Morgan fingerprint density at radius 2 is 2.24 bits per heavy atom. The van der Waals surface area contributed by atoms with Crippen LogP contribution in [0.25, 0.3) is 5.65 Å². The Labute approximate surface area is 168 Å². The van der Waals surface area contributed by atoms with Crippen molar-refractivity contribution < 1.29 is 13.9 Å². The average molecular weight is 400 g/mol. The molecule has 2 aliphatic heterocycles. The van der Waals surface area contributed by atoms with Crippen LogP contribution in [0.15, 0.2) is 54.1 Å². The van der Waals surface area contributed by atoms with E-state index in [4.69, 9.17) is 10.5 Å². The first-order chi connectivity index (χ1) is 13.8. The maximum Gasteiger partial charge on any atom is 0.246 e. The van der Waals surface area contributed by atoms with Crippen molar-refractivity contribution >= 4 is 17.2 Å². The number of anilines is 1. The van der Waals surface area contributed by atoms with Gasteiger partial charge in [-0.25, -0.2) is 9.37 Å². The number of nitrogens with one attached hydrogen (secondary N) is 1. The Morgan fingerprint density at radius 1 is 1.45 bits per heavy atom. The molecule has 0 saturated carbocycles. The third kappa shape index (κ3) is 3.21. The number of imidazole rings is 1. The third-order valence-electron chi connectivity index (χ3n) is 6.01. The molecular formula is C20H25FN6O2. The first kappa shape index (κ1) is 19.6. The molecule has 0 spiro atoms. The normalized spacial score (nSPS) is 28.3. The van der Waals surface area contributed by atoms with Crippen molar-refractivity contribution in [1.82, 2.24) is 19.6 Å². The molecule has 4 rings (SSSR count). The van der Waals surface area contributed by atoms with E-state index in [2.05, 4.69) is 10.3 Å². The van der Waals surface area contributed by atoms with Gasteiger partial charge in [0.2, 0.25) is 5.91 Å². The number of carbonyl (C=O) groups is 1. The molecule has 3 atom stereocenters. The number of amides is 1. The summed E-state index contributed by atoms with van der Waals surface area (Å²) in [4.78, 5) is 20.3. The highest BCUT2D eigenvalue weighted by molar-refractivity contribution is 5.95. The van der Waals surface area contributed by atoms with Gasteiger partial charge in [-0.15, -0.1) is 0 Å². The second-order valence-corrected chi connectivity index (χ2v) is 7.48. The third-order valence-corrected chi connectivity index (χ3v) is 6.01. The summed E-state index contributed by atoms with van der Waals surface area (Å²) in [5.74, 6) is -0.493. The predicted molar refractivity (Wildman–Crippen MR) is 108 cm³/mol. The van der Waals surface area contributed by atoms with Gasteiger partial charge in [0, 0.05) is 44.0 Å². The molecule has 1 fully saturated rings. The summed E-state index contributed by atoms with van der Waals surface area (Å²) in [5, 5.41) is 2.84. The highest BCUT2D eigenvalue weighted by Crippen LogP contribution is 2.32. The highest BCUT2D eigenvalue weighted by atomic mass is 19.1. The van der Waals surface area contributed by atoms with E-state index < -0.39 is 17.9 Å². The fourth-order valence-electron chi connectivity index (χ4n) is 3.97. The van der Waals surface area contributed by atoms with Crippen LogP contribution in [-0.2, 0) is 9.53 Å². The van der Waals surface area contributed by atoms with Gasteiger partial charge in [0.05, 0.1) is 18.3 Å². The number of methoxy groups -OCH3 is 1. The zero-order valence-corrected chi connectivity index (χ0v) is 16.7. The average Bonchev–Trinajstić information content (AvgIpc) is 3.19. The summed E-state index contributed by atoms with van der Waals surface area (Å²) in [5.41, 5.74) is 7.59. The molecule has 0 bridgehead atoms. The maximum atomic E-state index is 14.4. The van der Waals surface area contributed by atoms with Crippen LogP contribution in [0.3, 0.4) is 0 Å². The van der Waals surface area contributed by atoms with Crippen LogP contribution in [0.4, 0.5) is 10.1 Å². The molecule has 0 radical (unpaired) electrons. The van der Waals surface area contributed by atoms with Crippen molar-refractivity contribution in [2.75, 3.05) is 32.1 Å². The number of alkyl halides is 1. The van der Waals surface area contributed by atoms with Gasteiger partial charge >= 0.3 is 0 Å². The van der Waals surface area contributed by atoms with Crippen LogP contribution in [0, 0.1) is 0 Å². The zero-order valence-electron chi connectivity index (χ0n) is 16.7. The van der Waals surface area contributed by atoms with Crippen molar-refractivity contribution in [2.45, 2.75) is 25.0 Å². The summed E-state index contributed by atoms with van der Waals surface area (Å²) < 4.78 is 21.8. The van der Waals surface area contributed by atoms with E-state index in [0.29, 0.717) is 18.7 Å². The number of hydrogen-bond donors (Lipinski definition) is 2. The van der Waals surface area contributed by atoms with Crippen molar-refractivity contribution in [3.05, 3.63) is 54.1 Å².